The second-order valence-corrected chi connectivity index (χ2v) is 6.07. The zero-order valence-electron chi connectivity index (χ0n) is 14.7. The third kappa shape index (κ3) is 6.06. The van der Waals surface area contributed by atoms with Gasteiger partial charge in [-0.3, -0.25) is 9.69 Å². The molecule has 1 amide bonds. The van der Waals surface area contributed by atoms with E-state index in [0.29, 0.717) is 12.6 Å². The molecule has 0 spiro atoms. The van der Waals surface area contributed by atoms with Crippen LogP contribution < -0.4 is 10.2 Å². The molecule has 22 heavy (non-hydrogen) atoms. The van der Waals surface area contributed by atoms with Gasteiger partial charge >= 0.3 is 0 Å². The van der Waals surface area contributed by atoms with Gasteiger partial charge in [0, 0.05) is 24.0 Å². The van der Waals surface area contributed by atoms with Crippen LogP contribution in [0.5, 0.6) is 0 Å². The summed E-state index contributed by atoms with van der Waals surface area (Å²) < 4.78 is 0. The highest BCUT2D eigenvalue weighted by Crippen LogP contribution is 2.19. The van der Waals surface area contributed by atoms with E-state index in [2.05, 4.69) is 54.9 Å². The van der Waals surface area contributed by atoms with Crippen LogP contribution in [0.15, 0.2) is 24.3 Å². The number of carbonyl (C=O) groups is 1. The van der Waals surface area contributed by atoms with Gasteiger partial charge in [0.2, 0.25) is 5.91 Å². The van der Waals surface area contributed by atoms with Gasteiger partial charge in [0.1, 0.15) is 0 Å². The second-order valence-electron chi connectivity index (χ2n) is 6.07. The molecule has 0 bridgehead atoms. The first-order chi connectivity index (χ1) is 10.5. The average molecular weight is 305 g/mol. The molecule has 0 aromatic heterocycles. The third-order valence-electron chi connectivity index (χ3n) is 3.75. The minimum absolute atomic E-state index is 0.0440. The van der Waals surface area contributed by atoms with Crippen molar-refractivity contribution in [1.82, 2.24) is 4.90 Å². The van der Waals surface area contributed by atoms with Gasteiger partial charge in [-0.25, -0.2) is 0 Å². The molecule has 0 aliphatic rings. The van der Waals surface area contributed by atoms with E-state index >= 15 is 0 Å². The predicted molar refractivity (Wildman–Crippen MR) is 95.6 cm³/mol. The van der Waals surface area contributed by atoms with Gasteiger partial charge in [-0.2, -0.15) is 0 Å². The lowest BCUT2D eigenvalue weighted by molar-refractivity contribution is -0.117. The number of nitrogens with one attached hydrogen (secondary N) is 1. The molecule has 0 heterocycles. The van der Waals surface area contributed by atoms with Crippen molar-refractivity contribution < 1.29 is 4.79 Å². The number of amides is 1. The predicted octanol–water partition coefficient (Wildman–Crippen LogP) is 3.59. The van der Waals surface area contributed by atoms with Crippen molar-refractivity contribution in [3.63, 3.8) is 0 Å². The average Bonchev–Trinajstić information content (AvgIpc) is 2.47. The van der Waals surface area contributed by atoms with Gasteiger partial charge < -0.3 is 10.2 Å². The van der Waals surface area contributed by atoms with Crippen LogP contribution in [0, 0.1) is 0 Å². The molecule has 0 aliphatic heterocycles. The Bertz CT molecular complexity index is 442. The normalized spacial score (nSPS) is 11.0. The van der Waals surface area contributed by atoms with Crippen molar-refractivity contribution in [2.75, 3.05) is 36.9 Å². The first kappa shape index (κ1) is 18.5. The molecule has 4 heteroatoms. The molecule has 1 N–H and O–H groups in total. The molecular weight excluding hydrogens is 274 g/mol. The molecule has 124 valence electrons. The fourth-order valence-corrected chi connectivity index (χ4v) is 2.53. The Morgan fingerprint density at radius 2 is 1.82 bits per heavy atom. The monoisotopic (exact) mass is 305 g/mol. The van der Waals surface area contributed by atoms with Crippen LogP contribution in [-0.2, 0) is 4.79 Å². The van der Waals surface area contributed by atoms with Crippen molar-refractivity contribution in [2.24, 2.45) is 0 Å². The van der Waals surface area contributed by atoms with Crippen molar-refractivity contribution >= 4 is 17.3 Å². The Labute approximate surface area is 135 Å². The number of rotatable bonds is 9. The van der Waals surface area contributed by atoms with E-state index < -0.39 is 0 Å². The van der Waals surface area contributed by atoms with E-state index in [1.54, 1.807) is 0 Å². The molecule has 4 nitrogen and oxygen atoms in total. The molecule has 0 atom stereocenters. The maximum Gasteiger partial charge on any atom is 0.238 e. The summed E-state index contributed by atoms with van der Waals surface area (Å²) in [5.74, 6) is 0.0440. The number of hydrogen-bond acceptors (Lipinski definition) is 3. The molecule has 1 aromatic carbocycles. The van der Waals surface area contributed by atoms with Gasteiger partial charge in [0.05, 0.1) is 6.54 Å². The van der Waals surface area contributed by atoms with Gasteiger partial charge in [-0.1, -0.05) is 13.3 Å². The Morgan fingerprint density at radius 1 is 1.18 bits per heavy atom. The Hall–Kier alpha value is -1.55. The molecule has 0 aliphatic carbocycles. The van der Waals surface area contributed by atoms with Crippen molar-refractivity contribution in [3.05, 3.63) is 24.3 Å². The van der Waals surface area contributed by atoms with E-state index in [9.17, 15) is 4.79 Å². The second kappa shape index (κ2) is 9.46. The molecule has 0 fully saturated rings. The summed E-state index contributed by atoms with van der Waals surface area (Å²) in [4.78, 5) is 16.4. The lowest BCUT2D eigenvalue weighted by atomic mass is 10.2. The Kier molecular flexibility index (Phi) is 7.96. The highest BCUT2D eigenvalue weighted by molar-refractivity contribution is 5.92. The topological polar surface area (TPSA) is 35.6 Å². The molecule has 1 aromatic rings. The van der Waals surface area contributed by atoms with E-state index in [0.717, 1.165) is 31.6 Å². The summed E-state index contributed by atoms with van der Waals surface area (Å²) >= 11 is 0. The van der Waals surface area contributed by atoms with Crippen LogP contribution in [0.3, 0.4) is 0 Å². The first-order valence-corrected chi connectivity index (χ1v) is 8.33. The Balaban J connectivity index is 2.55. The summed E-state index contributed by atoms with van der Waals surface area (Å²) in [6, 6.07) is 8.56. The molecular formula is C18H31N3O. The SMILES string of the molecule is CCCCN(C)CC(=O)Nc1ccc(N(CC)C(C)C)cc1. The minimum Gasteiger partial charge on any atom is -0.369 e. The molecule has 0 unspecified atom stereocenters. The van der Waals surface area contributed by atoms with E-state index in [1.165, 1.54) is 5.69 Å². The number of unbranched alkanes of at least 4 members (excludes halogenated alkanes) is 1. The largest absolute Gasteiger partial charge is 0.369 e. The summed E-state index contributed by atoms with van der Waals surface area (Å²) in [5, 5.41) is 2.96. The summed E-state index contributed by atoms with van der Waals surface area (Å²) in [6.07, 6.45) is 2.28. The minimum atomic E-state index is 0.0440. The number of anilines is 2. The van der Waals surface area contributed by atoms with E-state index in [-0.39, 0.29) is 5.91 Å². The highest BCUT2D eigenvalue weighted by atomic mass is 16.2. The Morgan fingerprint density at radius 3 is 2.32 bits per heavy atom. The van der Waals surface area contributed by atoms with Crippen LogP contribution in [0.1, 0.15) is 40.5 Å². The van der Waals surface area contributed by atoms with Crippen molar-refractivity contribution in [2.45, 2.75) is 46.6 Å². The number of hydrogen-bond donors (Lipinski definition) is 1. The van der Waals surface area contributed by atoms with E-state index in [1.807, 2.05) is 19.2 Å². The standard InChI is InChI=1S/C18H31N3O/c1-6-8-13-20(5)14-18(22)19-16-9-11-17(12-10-16)21(7-2)15(3)4/h9-12,15H,6-8,13-14H2,1-5H3,(H,19,22). The maximum absolute atomic E-state index is 12.0. The summed E-state index contributed by atoms with van der Waals surface area (Å²) in [7, 11) is 1.99. The smallest absolute Gasteiger partial charge is 0.238 e. The molecule has 0 saturated carbocycles. The van der Waals surface area contributed by atoms with Crippen LogP contribution in [0.2, 0.25) is 0 Å². The number of benzene rings is 1. The number of nitrogens with zero attached hydrogens (tertiary/aromatic N) is 2. The number of carbonyl (C=O) groups excluding carboxylic acids is 1. The summed E-state index contributed by atoms with van der Waals surface area (Å²) in [5.41, 5.74) is 2.05. The number of likely N-dealkylation sites (N-methyl/N-ethyl adjacent to an activating group) is 1. The van der Waals surface area contributed by atoms with Gasteiger partial charge in [0.25, 0.3) is 0 Å². The maximum atomic E-state index is 12.0. The van der Waals surface area contributed by atoms with Crippen molar-refractivity contribution in [1.29, 1.82) is 0 Å². The van der Waals surface area contributed by atoms with Crippen LogP contribution in [0.4, 0.5) is 11.4 Å². The van der Waals surface area contributed by atoms with Crippen LogP contribution in [0.25, 0.3) is 0 Å². The van der Waals surface area contributed by atoms with Crippen molar-refractivity contribution in [3.8, 4) is 0 Å². The zero-order chi connectivity index (χ0) is 16.5. The lowest BCUT2D eigenvalue weighted by Gasteiger charge is -2.27. The quantitative estimate of drug-likeness (QED) is 0.757. The fourth-order valence-electron chi connectivity index (χ4n) is 2.53. The zero-order valence-corrected chi connectivity index (χ0v) is 14.7. The summed E-state index contributed by atoms with van der Waals surface area (Å²) in [6.45, 7) is 11.1. The lowest BCUT2D eigenvalue weighted by Crippen LogP contribution is -2.31. The first-order valence-electron chi connectivity index (χ1n) is 8.33. The third-order valence-corrected chi connectivity index (χ3v) is 3.75. The van der Waals surface area contributed by atoms with Gasteiger partial charge in [-0.15, -0.1) is 0 Å². The highest BCUT2D eigenvalue weighted by Gasteiger charge is 2.09. The van der Waals surface area contributed by atoms with Crippen LogP contribution >= 0.6 is 0 Å². The van der Waals surface area contributed by atoms with Gasteiger partial charge in [0.15, 0.2) is 0 Å². The van der Waals surface area contributed by atoms with Crippen LogP contribution in [-0.4, -0.2) is 43.5 Å². The molecule has 1 rings (SSSR count). The molecule has 0 radical (unpaired) electrons. The van der Waals surface area contributed by atoms with E-state index in [4.69, 9.17) is 0 Å². The fraction of sp³-hybridized carbons (Fsp3) is 0.611. The van der Waals surface area contributed by atoms with Gasteiger partial charge in [-0.05, 0) is 65.0 Å². The molecule has 0 saturated heterocycles.